The predicted octanol–water partition coefficient (Wildman–Crippen LogP) is 5.07. The van der Waals surface area contributed by atoms with Crippen molar-refractivity contribution in [3.8, 4) is 11.5 Å². The lowest BCUT2D eigenvalue weighted by Gasteiger charge is -2.33. The summed E-state index contributed by atoms with van der Waals surface area (Å²) in [7, 11) is -3.78. The molecule has 0 radical (unpaired) electrons. The van der Waals surface area contributed by atoms with E-state index in [-0.39, 0.29) is 11.5 Å². The number of rotatable bonds is 7. The summed E-state index contributed by atoms with van der Waals surface area (Å²) in [6.45, 7) is 2.22. The number of benzene rings is 3. The second-order valence-electron chi connectivity index (χ2n) is 8.11. The summed E-state index contributed by atoms with van der Waals surface area (Å²) in [6, 6.07) is 22.7. The fourth-order valence-electron chi connectivity index (χ4n) is 3.87. The molecule has 7 heteroatoms. The number of piperidine rings is 1. The Morgan fingerprint density at radius 3 is 2.39 bits per heavy atom. The molecular formula is C26H27NO5S. The summed E-state index contributed by atoms with van der Waals surface area (Å²) in [4.78, 5) is 13.1. The molecule has 0 bridgehead atoms. The minimum atomic E-state index is -3.78. The van der Waals surface area contributed by atoms with Gasteiger partial charge in [0, 0.05) is 6.54 Å². The Kier molecular flexibility index (Phi) is 7.11. The molecule has 1 heterocycles. The fourth-order valence-corrected chi connectivity index (χ4v) is 5.62. The highest BCUT2D eigenvalue weighted by molar-refractivity contribution is 7.89. The van der Waals surface area contributed by atoms with Crippen molar-refractivity contribution in [3.05, 3.63) is 90.0 Å². The third kappa shape index (κ3) is 5.61. The molecule has 172 valence electrons. The average Bonchev–Trinajstić information content (AvgIpc) is 2.84. The van der Waals surface area contributed by atoms with Gasteiger partial charge in [-0.1, -0.05) is 42.5 Å². The van der Waals surface area contributed by atoms with Gasteiger partial charge in [0.2, 0.25) is 10.0 Å². The first-order valence-corrected chi connectivity index (χ1v) is 12.4. The molecule has 3 aromatic carbocycles. The lowest BCUT2D eigenvalue weighted by atomic mass is 10.1. The maximum absolute atomic E-state index is 13.2. The highest BCUT2D eigenvalue weighted by Crippen LogP contribution is 2.27. The van der Waals surface area contributed by atoms with E-state index in [1.54, 1.807) is 18.2 Å². The van der Waals surface area contributed by atoms with E-state index in [1.807, 2.05) is 67.6 Å². The molecule has 1 unspecified atom stereocenters. The monoisotopic (exact) mass is 465 g/mol. The maximum atomic E-state index is 13.2. The summed E-state index contributed by atoms with van der Waals surface area (Å²) in [6.07, 6.45) is 1.95. The van der Waals surface area contributed by atoms with Crippen LogP contribution in [0, 0.1) is 6.92 Å². The van der Waals surface area contributed by atoms with Crippen molar-refractivity contribution >= 4 is 16.0 Å². The van der Waals surface area contributed by atoms with E-state index in [0.29, 0.717) is 18.7 Å². The topological polar surface area (TPSA) is 72.9 Å². The minimum Gasteiger partial charge on any atom is -0.460 e. The van der Waals surface area contributed by atoms with Crippen LogP contribution in [0.15, 0.2) is 83.8 Å². The van der Waals surface area contributed by atoms with E-state index in [9.17, 15) is 13.2 Å². The fraction of sp³-hybridized carbons (Fsp3) is 0.269. The van der Waals surface area contributed by atoms with E-state index in [1.165, 1.54) is 4.31 Å². The smallest absolute Gasteiger partial charge is 0.324 e. The van der Waals surface area contributed by atoms with E-state index in [2.05, 4.69) is 0 Å². The first-order valence-electron chi connectivity index (χ1n) is 11.0. The standard InChI is InChI=1S/C26H27NO5S/c1-20-8-7-11-24(18-20)33(29,30)27-17-6-5-12-25(27)26(28)31-19-21-13-15-23(16-14-21)32-22-9-3-2-4-10-22/h2-4,7-11,13-16,18,25H,5-6,12,17,19H2,1H3. The Morgan fingerprint density at radius 2 is 1.67 bits per heavy atom. The molecule has 1 atom stereocenters. The lowest BCUT2D eigenvalue weighted by Crippen LogP contribution is -2.48. The van der Waals surface area contributed by atoms with Crippen LogP contribution in [0.3, 0.4) is 0 Å². The van der Waals surface area contributed by atoms with Crippen molar-refractivity contribution in [2.75, 3.05) is 6.54 Å². The molecule has 1 aliphatic heterocycles. The molecule has 0 aliphatic carbocycles. The summed E-state index contributed by atoms with van der Waals surface area (Å²) < 4.78 is 39.0. The normalized spacial score (nSPS) is 16.8. The largest absolute Gasteiger partial charge is 0.460 e. The molecule has 0 aromatic heterocycles. The Labute approximate surface area is 194 Å². The molecule has 0 N–H and O–H groups in total. The molecule has 0 saturated carbocycles. The van der Waals surface area contributed by atoms with Gasteiger partial charge >= 0.3 is 5.97 Å². The maximum Gasteiger partial charge on any atom is 0.324 e. The van der Waals surface area contributed by atoms with Crippen molar-refractivity contribution in [2.45, 2.75) is 43.7 Å². The van der Waals surface area contributed by atoms with Crippen molar-refractivity contribution in [1.82, 2.24) is 4.31 Å². The number of hydrogen-bond acceptors (Lipinski definition) is 5. The van der Waals surface area contributed by atoms with Crippen LogP contribution in [0.2, 0.25) is 0 Å². The molecule has 3 aromatic rings. The molecule has 1 saturated heterocycles. The molecule has 6 nitrogen and oxygen atoms in total. The first-order chi connectivity index (χ1) is 15.9. The first kappa shape index (κ1) is 23.0. The van der Waals surface area contributed by atoms with Gasteiger partial charge in [0.15, 0.2) is 0 Å². The molecule has 1 fully saturated rings. The Morgan fingerprint density at radius 1 is 0.939 bits per heavy atom. The average molecular weight is 466 g/mol. The molecule has 0 amide bonds. The van der Waals surface area contributed by atoms with Crippen LogP contribution in [-0.2, 0) is 26.2 Å². The Bertz CT molecular complexity index is 1190. The quantitative estimate of drug-likeness (QED) is 0.455. The number of ether oxygens (including phenoxy) is 2. The number of hydrogen-bond donors (Lipinski definition) is 0. The molecule has 4 rings (SSSR count). The van der Waals surface area contributed by atoms with Crippen LogP contribution in [0.5, 0.6) is 11.5 Å². The van der Waals surface area contributed by atoms with Gasteiger partial charge in [0.25, 0.3) is 0 Å². The van der Waals surface area contributed by atoms with Crippen molar-refractivity contribution in [3.63, 3.8) is 0 Å². The highest BCUT2D eigenvalue weighted by Gasteiger charge is 2.38. The van der Waals surface area contributed by atoms with Crippen LogP contribution in [-0.4, -0.2) is 31.3 Å². The number of nitrogens with zero attached hydrogens (tertiary/aromatic N) is 1. The predicted molar refractivity (Wildman–Crippen MR) is 125 cm³/mol. The van der Waals surface area contributed by atoms with Gasteiger partial charge < -0.3 is 9.47 Å². The zero-order valence-electron chi connectivity index (χ0n) is 18.5. The number of carbonyl (C=O) groups is 1. The summed E-state index contributed by atoms with van der Waals surface area (Å²) in [5.74, 6) is 0.901. The Hall–Kier alpha value is -3.16. The van der Waals surface area contributed by atoms with Gasteiger partial charge in [-0.3, -0.25) is 4.79 Å². The van der Waals surface area contributed by atoms with E-state index < -0.39 is 22.0 Å². The van der Waals surface area contributed by atoms with Gasteiger partial charge in [-0.2, -0.15) is 4.31 Å². The lowest BCUT2D eigenvalue weighted by molar-refractivity contribution is -0.150. The van der Waals surface area contributed by atoms with E-state index in [4.69, 9.17) is 9.47 Å². The van der Waals surface area contributed by atoms with Crippen molar-refractivity contribution < 1.29 is 22.7 Å². The highest BCUT2D eigenvalue weighted by atomic mass is 32.2. The summed E-state index contributed by atoms with van der Waals surface area (Å²) in [5.41, 5.74) is 1.65. The van der Waals surface area contributed by atoms with Crippen LogP contribution >= 0.6 is 0 Å². The van der Waals surface area contributed by atoms with Crippen molar-refractivity contribution in [2.24, 2.45) is 0 Å². The van der Waals surface area contributed by atoms with Gasteiger partial charge in [0.1, 0.15) is 24.1 Å². The van der Waals surface area contributed by atoms with Crippen LogP contribution in [0.4, 0.5) is 0 Å². The molecule has 0 spiro atoms. The van der Waals surface area contributed by atoms with Gasteiger partial charge in [-0.15, -0.1) is 0 Å². The number of sulfonamides is 1. The molecular weight excluding hydrogens is 438 g/mol. The number of aryl methyl sites for hydroxylation is 1. The molecule has 1 aliphatic rings. The number of esters is 1. The van der Waals surface area contributed by atoms with Crippen LogP contribution < -0.4 is 4.74 Å². The zero-order valence-corrected chi connectivity index (χ0v) is 19.3. The van der Waals surface area contributed by atoms with Crippen LogP contribution in [0.25, 0.3) is 0 Å². The van der Waals surface area contributed by atoms with Gasteiger partial charge in [0.05, 0.1) is 4.90 Å². The van der Waals surface area contributed by atoms with Gasteiger partial charge in [-0.25, -0.2) is 8.42 Å². The third-order valence-electron chi connectivity index (χ3n) is 5.61. The molecule has 33 heavy (non-hydrogen) atoms. The Balaban J connectivity index is 1.40. The summed E-state index contributed by atoms with van der Waals surface area (Å²) >= 11 is 0. The SMILES string of the molecule is Cc1cccc(S(=O)(=O)N2CCCCC2C(=O)OCc2ccc(Oc3ccccc3)cc2)c1. The van der Waals surface area contributed by atoms with Crippen LogP contribution in [0.1, 0.15) is 30.4 Å². The number of para-hydroxylation sites is 1. The van der Waals surface area contributed by atoms with Crippen molar-refractivity contribution in [1.29, 1.82) is 0 Å². The number of carbonyl (C=O) groups excluding carboxylic acids is 1. The second kappa shape index (κ2) is 10.2. The summed E-state index contributed by atoms with van der Waals surface area (Å²) in [5, 5.41) is 0. The van der Waals surface area contributed by atoms with Gasteiger partial charge in [-0.05, 0) is 73.7 Å². The third-order valence-corrected chi connectivity index (χ3v) is 7.51. The second-order valence-corrected chi connectivity index (χ2v) is 10.0. The zero-order chi connectivity index (χ0) is 23.3. The van der Waals surface area contributed by atoms with E-state index in [0.717, 1.165) is 29.7 Å². The minimum absolute atomic E-state index is 0.0687. The van der Waals surface area contributed by atoms with E-state index >= 15 is 0 Å².